The van der Waals surface area contributed by atoms with Crippen LogP contribution in [0.5, 0.6) is 5.75 Å². The third-order valence-electron chi connectivity index (χ3n) is 7.23. The standard InChI is InChI=1S/C25H22F3N3O5S2/c1-23(2,33)20-13-38(34,35)19-11-16(6-7-18(19)36-20)31-22(37)30(21(32)24(31)8-3-9-24)15-5-4-14(12-29)17(10-15)25(26,27)28/h4-7,10-11,20,33H,3,8-9,13H2,1-2H3/t20-/m1/s1. The number of rotatable bonds is 3. The van der Waals surface area contributed by atoms with Gasteiger partial charge in [-0.3, -0.25) is 9.69 Å². The van der Waals surface area contributed by atoms with Crippen LogP contribution < -0.4 is 14.5 Å². The smallest absolute Gasteiger partial charge is 0.417 e. The van der Waals surface area contributed by atoms with Crippen LogP contribution in [0.2, 0.25) is 0 Å². The molecule has 1 saturated carbocycles. The molecule has 13 heteroatoms. The first kappa shape index (κ1) is 26.4. The number of ether oxygens (including phenoxy) is 1. The molecule has 200 valence electrons. The molecule has 1 amide bonds. The number of anilines is 2. The van der Waals surface area contributed by atoms with Gasteiger partial charge in [0, 0.05) is 5.69 Å². The Kier molecular flexibility index (Phi) is 5.83. The van der Waals surface area contributed by atoms with E-state index in [1.807, 2.05) is 0 Å². The molecule has 5 rings (SSSR count). The van der Waals surface area contributed by atoms with Crippen molar-refractivity contribution in [3.63, 3.8) is 0 Å². The van der Waals surface area contributed by atoms with Crippen LogP contribution in [-0.4, -0.2) is 47.5 Å². The van der Waals surface area contributed by atoms with E-state index in [1.54, 1.807) is 0 Å². The first-order valence-electron chi connectivity index (χ1n) is 11.7. The zero-order valence-corrected chi connectivity index (χ0v) is 21.9. The summed E-state index contributed by atoms with van der Waals surface area (Å²) in [5.41, 5.74) is -4.22. The number of hydrogen-bond donors (Lipinski definition) is 1. The van der Waals surface area contributed by atoms with Gasteiger partial charge < -0.3 is 14.7 Å². The van der Waals surface area contributed by atoms with Crippen LogP contribution in [0.25, 0.3) is 0 Å². The minimum Gasteiger partial charge on any atom is -0.485 e. The summed E-state index contributed by atoms with van der Waals surface area (Å²) in [6.07, 6.45) is -4.42. The van der Waals surface area contributed by atoms with Gasteiger partial charge in [-0.1, -0.05) is 0 Å². The van der Waals surface area contributed by atoms with Crippen molar-refractivity contribution in [2.75, 3.05) is 15.6 Å². The maximum Gasteiger partial charge on any atom is 0.417 e. The largest absolute Gasteiger partial charge is 0.485 e. The fourth-order valence-corrected chi connectivity index (χ4v) is 7.26. The Morgan fingerprint density at radius 1 is 1.16 bits per heavy atom. The highest BCUT2D eigenvalue weighted by Crippen LogP contribution is 2.49. The predicted octanol–water partition coefficient (Wildman–Crippen LogP) is 3.94. The normalized spacial score (nSPS) is 22.1. The number of thiocarbonyl (C=S) groups is 1. The molecule has 3 aliphatic rings. The van der Waals surface area contributed by atoms with Gasteiger partial charge in [0.1, 0.15) is 22.3 Å². The highest BCUT2D eigenvalue weighted by molar-refractivity contribution is 7.91. The van der Waals surface area contributed by atoms with Crippen molar-refractivity contribution in [2.24, 2.45) is 0 Å². The first-order chi connectivity index (χ1) is 17.6. The Morgan fingerprint density at radius 2 is 1.82 bits per heavy atom. The molecular formula is C25H22F3N3O5S2. The second kappa shape index (κ2) is 8.39. The molecular weight excluding hydrogens is 543 g/mol. The number of nitriles is 1. The van der Waals surface area contributed by atoms with E-state index in [4.69, 9.17) is 22.2 Å². The molecule has 1 aliphatic carbocycles. The molecule has 2 aromatic carbocycles. The lowest BCUT2D eigenvalue weighted by molar-refractivity contribution is -0.137. The quantitative estimate of drug-likeness (QED) is 0.558. The zero-order chi connectivity index (χ0) is 27.8. The summed E-state index contributed by atoms with van der Waals surface area (Å²) in [6.45, 7) is 2.90. The van der Waals surface area contributed by atoms with Crippen LogP contribution in [0.15, 0.2) is 41.3 Å². The number of halogens is 3. The predicted molar refractivity (Wildman–Crippen MR) is 135 cm³/mol. The van der Waals surface area contributed by atoms with Gasteiger partial charge in [-0.05, 0) is 81.7 Å². The van der Waals surface area contributed by atoms with Gasteiger partial charge in [-0.15, -0.1) is 0 Å². The number of nitrogens with zero attached hydrogens (tertiary/aromatic N) is 3. The summed E-state index contributed by atoms with van der Waals surface area (Å²) < 4.78 is 72.8. The third-order valence-corrected chi connectivity index (χ3v) is 9.32. The summed E-state index contributed by atoms with van der Waals surface area (Å²) in [5, 5.41) is 19.3. The fraction of sp³-hybridized carbons (Fsp3) is 0.400. The second-order valence-corrected chi connectivity index (χ2v) is 12.5. The van der Waals surface area contributed by atoms with Crippen molar-refractivity contribution in [2.45, 2.75) is 61.4 Å². The Morgan fingerprint density at radius 3 is 2.37 bits per heavy atom. The van der Waals surface area contributed by atoms with E-state index in [1.165, 1.54) is 49.1 Å². The molecule has 38 heavy (non-hydrogen) atoms. The topological polar surface area (TPSA) is 111 Å². The maximum atomic E-state index is 13.7. The van der Waals surface area contributed by atoms with Gasteiger partial charge >= 0.3 is 6.18 Å². The van der Waals surface area contributed by atoms with Crippen molar-refractivity contribution in [3.8, 4) is 11.8 Å². The number of alkyl halides is 3. The number of aliphatic hydroxyl groups is 1. The van der Waals surface area contributed by atoms with Crippen molar-refractivity contribution in [1.29, 1.82) is 5.26 Å². The van der Waals surface area contributed by atoms with Crippen LogP contribution in [0.4, 0.5) is 24.5 Å². The zero-order valence-electron chi connectivity index (χ0n) is 20.2. The van der Waals surface area contributed by atoms with Gasteiger partial charge in [-0.2, -0.15) is 18.4 Å². The van der Waals surface area contributed by atoms with Gasteiger partial charge in [0.05, 0.1) is 34.2 Å². The van der Waals surface area contributed by atoms with E-state index < -0.39 is 56.0 Å². The fourth-order valence-electron chi connectivity index (χ4n) is 5.01. The molecule has 8 nitrogen and oxygen atoms in total. The number of amides is 1. The first-order valence-corrected chi connectivity index (χ1v) is 13.7. The van der Waals surface area contributed by atoms with Crippen molar-refractivity contribution >= 4 is 44.4 Å². The lowest BCUT2D eigenvalue weighted by Gasteiger charge is -2.43. The average Bonchev–Trinajstić information content (AvgIpc) is 3.03. The highest BCUT2D eigenvalue weighted by Gasteiger charge is 2.60. The van der Waals surface area contributed by atoms with E-state index >= 15 is 0 Å². The molecule has 0 bridgehead atoms. The summed E-state index contributed by atoms with van der Waals surface area (Å²) >= 11 is 5.60. The van der Waals surface area contributed by atoms with Crippen LogP contribution >= 0.6 is 12.2 Å². The Hall–Kier alpha value is -3.21. The van der Waals surface area contributed by atoms with Crippen LogP contribution in [0.1, 0.15) is 44.2 Å². The van der Waals surface area contributed by atoms with Crippen LogP contribution in [0, 0.1) is 11.3 Å². The number of carbonyl (C=O) groups excluding carboxylic acids is 1. The van der Waals surface area contributed by atoms with Crippen molar-refractivity contribution in [1.82, 2.24) is 0 Å². The highest BCUT2D eigenvalue weighted by atomic mass is 32.2. The maximum absolute atomic E-state index is 13.7. The lowest BCUT2D eigenvalue weighted by atomic mass is 9.75. The summed E-state index contributed by atoms with van der Waals surface area (Å²) in [6, 6.07) is 8.76. The van der Waals surface area contributed by atoms with Gasteiger partial charge in [0.15, 0.2) is 14.9 Å². The van der Waals surface area contributed by atoms with Crippen LogP contribution in [-0.2, 0) is 20.8 Å². The number of sulfone groups is 1. The van der Waals surface area contributed by atoms with E-state index in [-0.39, 0.29) is 27.1 Å². The summed E-state index contributed by atoms with van der Waals surface area (Å²) in [4.78, 5) is 16.1. The molecule has 0 aromatic heterocycles. The van der Waals surface area contributed by atoms with Crippen LogP contribution in [0.3, 0.4) is 0 Å². The molecule has 2 fully saturated rings. The summed E-state index contributed by atoms with van der Waals surface area (Å²) in [7, 11) is -3.89. The van der Waals surface area contributed by atoms with Gasteiger partial charge in [0.25, 0.3) is 5.91 Å². The van der Waals surface area contributed by atoms with E-state index in [0.717, 1.165) is 17.0 Å². The molecule has 2 aliphatic heterocycles. The number of hydrogen-bond acceptors (Lipinski definition) is 7. The summed E-state index contributed by atoms with van der Waals surface area (Å²) in [5.74, 6) is -0.936. The minimum absolute atomic E-state index is 0.0463. The molecule has 0 radical (unpaired) electrons. The monoisotopic (exact) mass is 565 g/mol. The average molecular weight is 566 g/mol. The molecule has 1 spiro atoms. The minimum atomic E-state index is -4.83. The Bertz CT molecular complexity index is 1520. The lowest BCUT2D eigenvalue weighted by Crippen LogP contribution is -2.55. The van der Waals surface area contributed by atoms with Gasteiger partial charge in [-0.25, -0.2) is 8.42 Å². The molecule has 0 unspecified atom stereocenters. The third kappa shape index (κ3) is 3.93. The second-order valence-electron chi connectivity index (χ2n) is 10.2. The number of carbonyl (C=O) groups is 1. The van der Waals surface area contributed by atoms with E-state index in [2.05, 4.69) is 0 Å². The van der Waals surface area contributed by atoms with Crippen molar-refractivity contribution < 1.29 is 36.2 Å². The Balaban J connectivity index is 1.59. The molecule has 1 atom stereocenters. The molecule has 2 aromatic rings. The number of benzene rings is 2. The van der Waals surface area contributed by atoms with Crippen molar-refractivity contribution in [3.05, 3.63) is 47.5 Å². The molecule has 1 N–H and O–H groups in total. The Labute approximate surface area is 222 Å². The molecule has 2 heterocycles. The molecule has 1 saturated heterocycles. The van der Waals surface area contributed by atoms with Gasteiger partial charge in [0.2, 0.25) is 0 Å². The van der Waals surface area contributed by atoms with E-state index in [0.29, 0.717) is 19.3 Å². The SMILES string of the molecule is CC(C)(O)[C@H]1CS(=O)(=O)c2cc(N3C(=S)N(c4ccc(C#N)c(C(F)(F)F)c4)C(=O)C34CCC4)ccc2O1. The number of fused-ring (bicyclic) bond motifs is 1. The van der Waals surface area contributed by atoms with E-state index in [9.17, 15) is 31.5 Å².